The zero-order chi connectivity index (χ0) is 10.8. The maximum atomic E-state index is 10.6. The molecule has 0 saturated carbocycles. The van der Waals surface area contributed by atoms with Gasteiger partial charge >= 0.3 is 5.97 Å². The van der Waals surface area contributed by atoms with Crippen molar-refractivity contribution < 1.29 is 14.3 Å². The number of nitrogens with two attached hydrogens (primary N) is 1. The fraction of sp³-hybridized carbons (Fsp3) is 0.778. The summed E-state index contributed by atoms with van der Waals surface area (Å²) < 4.78 is 10.6. The fourth-order valence-corrected chi connectivity index (χ4v) is 2.72. The van der Waals surface area contributed by atoms with Gasteiger partial charge in [0.1, 0.15) is 12.0 Å². The molecule has 0 unspecified atom stereocenters. The topological polar surface area (TPSA) is 73.9 Å². The van der Waals surface area contributed by atoms with Crippen LogP contribution in [-0.2, 0) is 14.3 Å². The Balaban J connectivity index is 1.81. The van der Waals surface area contributed by atoms with E-state index >= 15 is 0 Å². The van der Waals surface area contributed by atoms with Crippen molar-refractivity contribution in [3.8, 4) is 0 Å². The maximum absolute atomic E-state index is 10.6. The van der Waals surface area contributed by atoms with Crippen LogP contribution in [0, 0.1) is 0 Å². The first-order valence-electron chi connectivity index (χ1n) is 4.94. The Morgan fingerprint density at radius 2 is 2.53 bits per heavy atom. The van der Waals surface area contributed by atoms with Gasteiger partial charge < -0.3 is 15.2 Å². The molecule has 6 heteroatoms. The molecule has 0 spiro atoms. The van der Waals surface area contributed by atoms with E-state index in [4.69, 9.17) is 15.2 Å². The molecule has 1 saturated heterocycles. The van der Waals surface area contributed by atoms with Crippen LogP contribution in [0.25, 0.3) is 0 Å². The lowest BCUT2D eigenvalue weighted by molar-refractivity contribution is -0.147. The minimum Gasteiger partial charge on any atom is -0.463 e. The number of hydrogen-bond acceptors (Lipinski definition) is 6. The Labute approximate surface area is 92.4 Å². The molecule has 15 heavy (non-hydrogen) atoms. The Hall–Kier alpha value is -0.750. The van der Waals surface area contributed by atoms with Crippen molar-refractivity contribution in [2.75, 3.05) is 6.61 Å². The standard InChI is InChI=1S/C9H14N2O3S/c1-5(12)13-4-6-2-3-7-8(14-6)15-9(10)11-7/h6-8H,2-4H2,1H3,(H2,10,11)/t6-,7-,8-/m1/s1. The van der Waals surface area contributed by atoms with Gasteiger partial charge in [0.05, 0.1) is 12.1 Å². The first-order chi connectivity index (χ1) is 7.15. The van der Waals surface area contributed by atoms with Crippen molar-refractivity contribution in [3.05, 3.63) is 0 Å². The van der Waals surface area contributed by atoms with E-state index in [0.29, 0.717) is 11.8 Å². The summed E-state index contributed by atoms with van der Waals surface area (Å²) in [5, 5.41) is 0.595. The Morgan fingerprint density at radius 1 is 1.73 bits per heavy atom. The van der Waals surface area contributed by atoms with E-state index in [2.05, 4.69) is 4.99 Å². The van der Waals surface area contributed by atoms with Gasteiger partial charge in [-0.3, -0.25) is 9.79 Å². The van der Waals surface area contributed by atoms with E-state index in [0.717, 1.165) is 12.8 Å². The van der Waals surface area contributed by atoms with E-state index < -0.39 is 0 Å². The lowest BCUT2D eigenvalue weighted by atomic mass is 10.1. The van der Waals surface area contributed by atoms with Crippen molar-refractivity contribution in [1.82, 2.24) is 0 Å². The zero-order valence-corrected chi connectivity index (χ0v) is 9.33. The van der Waals surface area contributed by atoms with Crippen molar-refractivity contribution in [2.45, 2.75) is 37.3 Å². The third-order valence-corrected chi connectivity index (χ3v) is 3.43. The van der Waals surface area contributed by atoms with Crippen LogP contribution in [-0.4, -0.2) is 35.3 Å². The van der Waals surface area contributed by atoms with Crippen LogP contribution < -0.4 is 5.73 Å². The van der Waals surface area contributed by atoms with Gasteiger partial charge in [-0.2, -0.15) is 0 Å². The van der Waals surface area contributed by atoms with Crippen LogP contribution in [0.1, 0.15) is 19.8 Å². The number of esters is 1. The van der Waals surface area contributed by atoms with E-state index in [9.17, 15) is 4.79 Å². The van der Waals surface area contributed by atoms with E-state index in [1.165, 1.54) is 18.7 Å². The summed E-state index contributed by atoms with van der Waals surface area (Å²) in [6.07, 6.45) is 1.81. The molecule has 0 bridgehead atoms. The Bertz CT molecular complexity index is 295. The average molecular weight is 230 g/mol. The molecule has 5 nitrogen and oxygen atoms in total. The number of thioether (sulfide) groups is 1. The maximum Gasteiger partial charge on any atom is 0.302 e. The third-order valence-electron chi connectivity index (χ3n) is 2.43. The fourth-order valence-electron chi connectivity index (χ4n) is 1.72. The van der Waals surface area contributed by atoms with Crippen molar-refractivity contribution in [1.29, 1.82) is 0 Å². The second kappa shape index (κ2) is 4.40. The zero-order valence-electron chi connectivity index (χ0n) is 8.51. The minimum absolute atomic E-state index is 0.0104. The van der Waals surface area contributed by atoms with Gasteiger partial charge in [0.25, 0.3) is 0 Å². The van der Waals surface area contributed by atoms with Crippen LogP contribution in [0.5, 0.6) is 0 Å². The summed E-state index contributed by atoms with van der Waals surface area (Å²) in [5.41, 5.74) is 5.62. The van der Waals surface area contributed by atoms with E-state index in [1.807, 2.05) is 0 Å². The van der Waals surface area contributed by atoms with Crippen LogP contribution in [0.2, 0.25) is 0 Å². The monoisotopic (exact) mass is 230 g/mol. The lowest BCUT2D eigenvalue weighted by Gasteiger charge is -2.29. The molecule has 2 heterocycles. The summed E-state index contributed by atoms with van der Waals surface area (Å²) in [4.78, 5) is 14.9. The molecule has 0 aromatic heterocycles. The van der Waals surface area contributed by atoms with Gasteiger partial charge in [0.15, 0.2) is 5.17 Å². The first-order valence-corrected chi connectivity index (χ1v) is 5.82. The number of nitrogens with zero attached hydrogens (tertiary/aromatic N) is 1. The SMILES string of the molecule is CC(=O)OC[C@H]1CC[C@H]2N=C(N)S[C@H]2O1. The molecule has 84 valence electrons. The van der Waals surface area contributed by atoms with Crippen molar-refractivity contribution in [3.63, 3.8) is 0 Å². The molecule has 0 radical (unpaired) electrons. The van der Waals surface area contributed by atoms with E-state index in [1.54, 1.807) is 0 Å². The highest BCUT2D eigenvalue weighted by Gasteiger charge is 2.36. The molecule has 0 aromatic carbocycles. The smallest absolute Gasteiger partial charge is 0.302 e. The first kappa shape index (κ1) is 10.8. The summed E-state index contributed by atoms with van der Waals surface area (Å²) in [7, 11) is 0. The highest BCUT2D eigenvalue weighted by atomic mass is 32.2. The molecule has 0 aliphatic carbocycles. The second-order valence-electron chi connectivity index (χ2n) is 3.66. The predicted octanol–water partition coefficient (Wildman–Crippen LogP) is 0.485. The molecule has 2 aliphatic rings. The Kier molecular flexibility index (Phi) is 3.16. The number of rotatable bonds is 2. The number of aliphatic imine (C=N–C) groups is 1. The van der Waals surface area contributed by atoms with Crippen molar-refractivity contribution in [2.24, 2.45) is 10.7 Å². The summed E-state index contributed by atoms with van der Waals surface area (Å²) in [6, 6.07) is 0.184. The normalized spacial score (nSPS) is 34.5. The molecule has 3 atom stereocenters. The largest absolute Gasteiger partial charge is 0.463 e. The highest BCUT2D eigenvalue weighted by molar-refractivity contribution is 8.14. The Morgan fingerprint density at radius 3 is 3.27 bits per heavy atom. The molecule has 0 aromatic rings. The molecule has 2 aliphatic heterocycles. The van der Waals surface area contributed by atoms with Gasteiger partial charge in [-0.25, -0.2) is 0 Å². The molecular weight excluding hydrogens is 216 g/mol. The van der Waals surface area contributed by atoms with Crippen LogP contribution in [0.3, 0.4) is 0 Å². The molecule has 1 fully saturated rings. The summed E-state index contributed by atoms with van der Waals surface area (Å²) >= 11 is 1.45. The van der Waals surface area contributed by atoms with Gasteiger partial charge in [-0.1, -0.05) is 11.8 Å². The second-order valence-corrected chi connectivity index (χ2v) is 4.78. The third kappa shape index (κ3) is 2.63. The molecule has 2 rings (SSSR count). The van der Waals surface area contributed by atoms with Crippen molar-refractivity contribution >= 4 is 22.9 Å². The van der Waals surface area contributed by atoms with Crippen LogP contribution >= 0.6 is 11.8 Å². The van der Waals surface area contributed by atoms with Crippen LogP contribution in [0.15, 0.2) is 4.99 Å². The van der Waals surface area contributed by atoms with Gasteiger partial charge in [-0.05, 0) is 12.8 Å². The number of carbonyl (C=O) groups is 1. The van der Waals surface area contributed by atoms with Gasteiger partial charge in [0.2, 0.25) is 0 Å². The number of fused-ring (bicyclic) bond motifs is 1. The summed E-state index contributed by atoms with van der Waals surface area (Å²) in [5.74, 6) is -0.268. The highest BCUT2D eigenvalue weighted by Crippen LogP contribution is 2.34. The predicted molar refractivity (Wildman–Crippen MR) is 57.5 cm³/mol. The number of hydrogen-bond donors (Lipinski definition) is 1. The minimum atomic E-state index is -0.268. The lowest BCUT2D eigenvalue weighted by Crippen LogP contribution is -2.36. The summed E-state index contributed by atoms with van der Waals surface area (Å²) in [6.45, 7) is 1.73. The van der Waals surface area contributed by atoms with Gasteiger partial charge in [-0.15, -0.1) is 0 Å². The van der Waals surface area contributed by atoms with E-state index in [-0.39, 0.29) is 23.6 Å². The number of carbonyl (C=O) groups excluding carboxylic acids is 1. The van der Waals surface area contributed by atoms with Gasteiger partial charge in [0, 0.05) is 6.92 Å². The molecular formula is C9H14N2O3S. The quantitative estimate of drug-likeness (QED) is 0.699. The molecule has 0 amide bonds. The average Bonchev–Trinajstić information content (AvgIpc) is 2.53. The van der Waals surface area contributed by atoms with Crippen LogP contribution in [0.4, 0.5) is 0 Å². The number of amidine groups is 1. The number of ether oxygens (including phenoxy) is 2. The molecule has 2 N–H and O–H groups in total.